The summed E-state index contributed by atoms with van der Waals surface area (Å²) in [6.45, 7) is 3.58. The molecule has 1 heterocycles. The molecule has 0 aliphatic carbocycles. The molecule has 3 N–H and O–H groups in total. The van der Waals surface area contributed by atoms with E-state index < -0.39 is 17.6 Å². The first-order chi connectivity index (χ1) is 9.89. The zero-order chi connectivity index (χ0) is 15.6. The van der Waals surface area contributed by atoms with E-state index in [1.54, 1.807) is 19.1 Å². The zero-order valence-corrected chi connectivity index (χ0v) is 13.0. The molecule has 1 aliphatic rings. The Balaban J connectivity index is 2.34. The van der Waals surface area contributed by atoms with Crippen molar-refractivity contribution in [1.29, 1.82) is 0 Å². The highest BCUT2D eigenvalue weighted by Gasteiger charge is 2.46. The lowest BCUT2D eigenvalue weighted by Crippen LogP contribution is -2.56. The molecule has 0 aromatic heterocycles. The van der Waals surface area contributed by atoms with E-state index in [1.807, 2.05) is 25.1 Å². The molecule has 114 valence electrons. The Labute approximate surface area is 128 Å². The fourth-order valence-corrected chi connectivity index (χ4v) is 3.86. The van der Waals surface area contributed by atoms with Gasteiger partial charge in [-0.25, -0.2) is 4.79 Å². The first-order valence-electron chi connectivity index (χ1n) is 6.91. The topological polar surface area (TPSA) is 83.6 Å². The van der Waals surface area contributed by atoms with Gasteiger partial charge in [-0.05, 0) is 18.9 Å². The third kappa shape index (κ3) is 2.91. The normalized spacial score (nSPS) is 24.6. The Morgan fingerprint density at radius 2 is 2.05 bits per heavy atom. The number of hydrogen-bond acceptors (Lipinski definition) is 4. The number of carbonyl (C=O) groups excluding carboxylic acids is 1. The number of amides is 1. The van der Waals surface area contributed by atoms with Gasteiger partial charge in [0, 0.05) is 5.75 Å². The molecule has 1 fully saturated rings. The Morgan fingerprint density at radius 3 is 2.57 bits per heavy atom. The van der Waals surface area contributed by atoms with Crippen LogP contribution in [0.15, 0.2) is 30.3 Å². The molecule has 0 saturated carbocycles. The first kappa shape index (κ1) is 15.9. The van der Waals surface area contributed by atoms with Crippen LogP contribution in [-0.2, 0) is 15.1 Å². The van der Waals surface area contributed by atoms with Crippen molar-refractivity contribution >= 4 is 23.6 Å². The fraction of sp³-hybridized carbons (Fsp3) is 0.467. The molecular formula is C15H20N2O3S. The first-order valence-corrected chi connectivity index (χ1v) is 7.96. The summed E-state index contributed by atoms with van der Waals surface area (Å²) in [5, 5.41) is 9.20. The van der Waals surface area contributed by atoms with Gasteiger partial charge in [0.25, 0.3) is 0 Å². The number of rotatable bonds is 4. The molecule has 21 heavy (non-hydrogen) atoms. The maximum atomic E-state index is 12.9. The summed E-state index contributed by atoms with van der Waals surface area (Å²) in [5.41, 5.74) is 5.70. The van der Waals surface area contributed by atoms with Crippen LogP contribution in [0.5, 0.6) is 0 Å². The molecule has 0 radical (unpaired) electrons. The Kier molecular flexibility index (Phi) is 4.58. The minimum atomic E-state index is -1.23. The molecule has 1 saturated heterocycles. The van der Waals surface area contributed by atoms with Gasteiger partial charge < -0.3 is 15.7 Å². The summed E-state index contributed by atoms with van der Waals surface area (Å²) < 4.78 is 0. The van der Waals surface area contributed by atoms with Crippen LogP contribution in [0.2, 0.25) is 0 Å². The lowest BCUT2D eigenvalue weighted by molar-refractivity contribution is -0.151. The van der Waals surface area contributed by atoms with Crippen LogP contribution in [0.25, 0.3) is 0 Å². The molecule has 3 unspecified atom stereocenters. The van der Waals surface area contributed by atoms with E-state index in [2.05, 4.69) is 0 Å². The third-order valence-electron chi connectivity index (χ3n) is 3.78. The summed E-state index contributed by atoms with van der Waals surface area (Å²) in [5.74, 6) is -0.904. The number of nitrogens with zero attached hydrogens (tertiary/aromatic N) is 1. The van der Waals surface area contributed by atoms with Crippen LogP contribution in [0, 0.1) is 0 Å². The van der Waals surface area contributed by atoms with Crippen LogP contribution >= 0.6 is 11.8 Å². The van der Waals surface area contributed by atoms with Crippen LogP contribution in [0.1, 0.15) is 25.8 Å². The van der Waals surface area contributed by atoms with Gasteiger partial charge >= 0.3 is 5.97 Å². The van der Waals surface area contributed by atoms with E-state index in [0.29, 0.717) is 17.7 Å². The molecule has 6 heteroatoms. The summed E-state index contributed by atoms with van der Waals surface area (Å²) >= 11 is 1.50. The highest BCUT2D eigenvalue weighted by molar-refractivity contribution is 8.00. The maximum absolute atomic E-state index is 12.9. The summed E-state index contributed by atoms with van der Waals surface area (Å²) in [7, 11) is 0. The van der Waals surface area contributed by atoms with E-state index in [1.165, 1.54) is 16.7 Å². The average Bonchev–Trinajstić information content (AvgIpc) is 2.91. The van der Waals surface area contributed by atoms with E-state index in [-0.39, 0.29) is 11.3 Å². The van der Waals surface area contributed by atoms with Crippen LogP contribution in [0.3, 0.4) is 0 Å². The second-order valence-electron chi connectivity index (χ2n) is 5.33. The molecule has 2 rings (SSSR count). The molecular weight excluding hydrogens is 288 g/mol. The molecule has 1 amide bonds. The summed E-state index contributed by atoms with van der Waals surface area (Å²) in [6, 6.07) is 8.26. The SMILES string of the molecule is CCC1SCC(C(=O)O)N1C(=O)C(C)(N)c1ccccc1. The Bertz CT molecular complexity index is 533. The standard InChI is InChI=1S/C15H20N2O3S/c1-3-12-17(11(9-21-12)13(18)19)14(20)15(2,16)10-7-5-4-6-8-10/h4-8,11-12H,3,9,16H2,1-2H3,(H,18,19). The molecule has 0 bridgehead atoms. The van der Waals surface area contributed by atoms with Crippen LogP contribution < -0.4 is 5.73 Å². The third-order valence-corrected chi connectivity index (χ3v) is 5.23. The zero-order valence-electron chi connectivity index (χ0n) is 12.2. The monoisotopic (exact) mass is 308 g/mol. The van der Waals surface area contributed by atoms with Crippen LogP contribution in [-0.4, -0.2) is 39.1 Å². The Hall–Kier alpha value is -1.53. The summed E-state index contributed by atoms with van der Waals surface area (Å²) in [6.07, 6.45) is 0.699. The largest absolute Gasteiger partial charge is 0.480 e. The molecule has 1 aliphatic heterocycles. The molecule has 1 aromatic carbocycles. The molecule has 5 nitrogen and oxygen atoms in total. The smallest absolute Gasteiger partial charge is 0.327 e. The van der Waals surface area contributed by atoms with Crippen molar-refractivity contribution in [3.05, 3.63) is 35.9 Å². The predicted octanol–water partition coefficient (Wildman–Crippen LogP) is 1.63. The highest BCUT2D eigenvalue weighted by Crippen LogP contribution is 2.34. The predicted molar refractivity (Wildman–Crippen MR) is 82.8 cm³/mol. The summed E-state index contributed by atoms with van der Waals surface area (Å²) in [4.78, 5) is 25.7. The maximum Gasteiger partial charge on any atom is 0.327 e. The second kappa shape index (κ2) is 6.07. The van der Waals surface area contributed by atoms with Gasteiger partial charge in [-0.3, -0.25) is 4.79 Å². The lowest BCUT2D eigenvalue weighted by Gasteiger charge is -2.34. The lowest BCUT2D eigenvalue weighted by atomic mass is 9.91. The van der Waals surface area contributed by atoms with E-state index >= 15 is 0 Å². The quantitative estimate of drug-likeness (QED) is 0.883. The number of benzene rings is 1. The van der Waals surface area contributed by atoms with Gasteiger partial charge in [0.2, 0.25) is 5.91 Å². The second-order valence-corrected chi connectivity index (χ2v) is 6.54. The van der Waals surface area contributed by atoms with Gasteiger partial charge in [0.05, 0.1) is 5.37 Å². The number of carbonyl (C=O) groups is 2. The number of nitrogens with two attached hydrogens (primary N) is 1. The van der Waals surface area contributed by atoms with E-state index in [0.717, 1.165) is 0 Å². The van der Waals surface area contributed by atoms with Crippen molar-refractivity contribution in [2.45, 2.75) is 37.2 Å². The Morgan fingerprint density at radius 1 is 1.43 bits per heavy atom. The van der Waals surface area contributed by atoms with Gasteiger partial charge in [-0.1, -0.05) is 37.3 Å². The van der Waals surface area contributed by atoms with Crippen molar-refractivity contribution in [1.82, 2.24) is 4.90 Å². The van der Waals surface area contributed by atoms with Crippen molar-refractivity contribution in [2.75, 3.05) is 5.75 Å². The van der Waals surface area contributed by atoms with Crippen molar-refractivity contribution in [2.24, 2.45) is 5.73 Å². The number of thioether (sulfide) groups is 1. The average molecular weight is 308 g/mol. The van der Waals surface area contributed by atoms with Crippen molar-refractivity contribution < 1.29 is 14.7 Å². The van der Waals surface area contributed by atoms with Gasteiger partial charge in [-0.15, -0.1) is 11.8 Å². The minimum Gasteiger partial charge on any atom is -0.480 e. The molecule has 3 atom stereocenters. The minimum absolute atomic E-state index is 0.134. The fourth-order valence-electron chi connectivity index (χ4n) is 2.52. The van der Waals surface area contributed by atoms with Crippen molar-refractivity contribution in [3.63, 3.8) is 0 Å². The number of hydrogen-bond donors (Lipinski definition) is 2. The van der Waals surface area contributed by atoms with Gasteiger partial charge in [-0.2, -0.15) is 0 Å². The number of carboxylic acid groups (broad SMARTS) is 1. The highest BCUT2D eigenvalue weighted by atomic mass is 32.2. The van der Waals surface area contributed by atoms with Gasteiger partial charge in [0.15, 0.2) is 0 Å². The number of aliphatic carboxylic acids is 1. The van der Waals surface area contributed by atoms with E-state index in [4.69, 9.17) is 5.73 Å². The van der Waals surface area contributed by atoms with Gasteiger partial charge in [0.1, 0.15) is 11.6 Å². The molecule has 1 aromatic rings. The molecule has 0 spiro atoms. The van der Waals surface area contributed by atoms with Crippen molar-refractivity contribution in [3.8, 4) is 0 Å². The van der Waals surface area contributed by atoms with Crippen LogP contribution in [0.4, 0.5) is 0 Å². The van der Waals surface area contributed by atoms with E-state index in [9.17, 15) is 14.7 Å². The number of carboxylic acids is 1.